The van der Waals surface area contributed by atoms with Gasteiger partial charge in [-0.3, -0.25) is 0 Å². The first kappa shape index (κ1) is 12.0. The van der Waals surface area contributed by atoms with Gasteiger partial charge in [0.05, 0.1) is 0 Å². The van der Waals surface area contributed by atoms with Crippen molar-refractivity contribution in [3.05, 3.63) is 34.6 Å². The Morgan fingerprint density at radius 3 is 2.42 bits per heavy atom. The van der Waals surface area contributed by atoms with Crippen molar-refractivity contribution in [1.82, 2.24) is 3.56 Å². The molecule has 0 radical (unpaired) electrons. The summed E-state index contributed by atoms with van der Waals surface area (Å²) in [6.45, 7) is 0. The fourth-order valence-corrected chi connectivity index (χ4v) is 6.44. The molecule has 1 aromatic carbocycles. The second-order valence-corrected chi connectivity index (χ2v) is 8.28. The second kappa shape index (κ2) is 4.64. The molecule has 0 saturated heterocycles. The number of hydrogen-bond acceptors (Lipinski definition) is 1. The van der Waals surface area contributed by atoms with E-state index in [-0.39, 0.29) is 14.7 Å². The summed E-state index contributed by atoms with van der Waals surface area (Å²) >= 11 is 0.228. The molecule has 4 rings (SSSR count). The molecular formula is C16H19NOSe. The van der Waals surface area contributed by atoms with Crippen LogP contribution in [0.15, 0.2) is 29.1 Å². The summed E-state index contributed by atoms with van der Waals surface area (Å²) in [5.74, 6) is 1.82. The van der Waals surface area contributed by atoms with Crippen LogP contribution in [0.3, 0.4) is 0 Å². The molecule has 0 N–H and O–H groups in total. The zero-order valence-electron chi connectivity index (χ0n) is 11.0. The Labute approximate surface area is 119 Å². The molecule has 2 aliphatic rings. The molecular weight excluding hydrogens is 301 g/mol. The zero-order valence-corrected chi connectivity index (χ0v) is 12.8. The summed E-state index contributed by atoms with van der Waals surface area (Å²) in [4.78, 5) is 12.5. The number of aromatic nitrogens is 1. The van der Waals surface area contributed by atoms with E-state index in [4.69, 9.17) is 0 Å². The van der Waals surface area contributed by atoms with Crippen molar-refractivity contribution in [2.24, 2.45) is 11.8 Å². The van der Waals surface area contributed by atoms with E-state index in [0.29, 0.717) is 11.6 Å². The van der Waals surface area contributed by atoms with Crippen LogP contribution in [0.2, 0.25) is 0 Å². The first-order valence-electron chi connectivity index (χ1n) is 7.43. The van der Waals surface area contributed by atoms with Crippen LogP contribution in [0.4, 0.5) is 0 Å². The molecule has 0 amide bonds. The monoisotopic (exact) mass is 321 g/mol. The van der Waals surface area contributed by atoms with Crippen LogP contribution in [0.25, 0.3) is 9.65 Å². The van der Waals surface area contributed by atoms with Gasteiger partial charge in [0.15, 0.2) is 0 Å². The molecule has 19 heavy (non-hydrogen) atoms. The fraction of sp³-hybridized carbons (Fsp3) is 0.562. The first-order chi connectivity index (χ1) is 9.33. The number of benzene rings is 1. The number of hydrogen-bond donors (Lipinski definition) is 0. The quantitative estimate of drug-likeness (QED) is 0.740. The Hall–Kier alpha value is -0.791. The number of fused-ring (bicyclic) bond motifs is 2. The van der Waals surface area contributed by atoms with Gasteiger partial charge in [0, 0.05) is 0 Å². The van der Waals surface area contributed by atoms with E-state index >= 15 is 0 Å². The Morgan fingerprint density at radius 2 is 1.74 bits per heavy atom. The Bertz CT molecular complexity index is 642. The zero-order chi connectivity index (χ0) is 12.8. The molecule has 2 atom stereocenters. The van der Waals surface area contributed by atoms with Crippen LogP contribution >= 0.6 is 0 Å². The summed E-state index contributed by atoms with van der Waals surface area (Å²) in [7, 11) is 0. The summed E-state index contributed by atoms with van der Waals surface area (Å²) < 4.78 is 3.51. The second-order valence-electron chi connectivity index (χ2n) is 6.15. The van der Waals surface area contributed by atoms with Gasteiger partial charge in [-0.1, -0.05) is 0 Å². The maximum atomic E-state index is 12.5. The van der Waals surface area contributed by atoms with E-state index in [2.05, 4.69) is 15.7 Å². The molecule has 2 saturated carbocycles. The van der Waals surface area contributed by atoms with Gasteiger partial charge in [0.25, 0.3) is 0 Å². The van der Waals surface area contributed by atoms with E-state index in [1.807, 2.05) is 12.1 Å². The molecule has 0 aliphatic heterocycles. The molecule has 1 heterocycles. The first-order valence-corrected chi connectivity index (χ1v) is 9.06. The van der Waals surface area contributed by atoms with E-state index in [9.17, 15) is 4.79 Å². The molecule has 1 aromatic heterocycles. The predicted molar refractivity (Wildman–Crippen MR) is 78.9 cm³/mol. The Morgan fingerprint density at radius 1 is 1.05 bits per heavy atom. The van der Waals surface area contributed by atoms with E-state index in [0.717, 1.165) is 17.2 Å². The number of nitrogens with zero attached hydrogens (tertiary/aromatic N) is 1. The van der Waals surface area contributed by atoms with Crippen molar-refractivity contribution in [2.75, 3.05) is 0 Å². The van der Waals surface area contributed by atoms with Crippen LogP contribution in [0.1, 0.15) is 44.6 Å². The fourth-order valence-electron chi connectivity index (χ4n) is 4.12. The van der Waals surface area contributed by atoms with Crippen LogP contribution in [-0.4, -0.2) is 18.3 Å². The average Bonchev–Trinajstić information content (AvgIpc) is 3.00. The van der Waals surface area contributed by atoms with Gasteiger partial charge in [-0.2, -0.15) is 0 Å². The van der Waals surface area contributed by atoms with Gasteiger partial charge in [0.2, 0.25) is 0 Å². The third-order valence-corrected chi connectivity index (χ3v) is 7.61. The Balaban J connectivity index is 1.71. The maximum absolute atomic E-state index is 12.5. The molecule has 2 aromatic rings. The van der Waals surface area contributed by atoms with Gasteiger partial charge >= 0.3 is 119 Å². The van der Waals surface area contributed by atoms with Crippen molar-refractivity contribution in [1.29, 1.82) is 0 Å². The molecule has 0 spiro atoms. The summed E-state index contributed by atoms with van der Waals surface area (Å²) in [5, 5.41) is 0.970. The van der Waals surface area contributed by atoms with Crippen molar-refractivity contribution in [3.8, 4) is 0 Å². The van der Waals surface area contributed by atoms with E-state index < -0.39 is 0 Å². The molecule has 2 unspecified atom stereocenters. The topological polar surface area (TPSA) is 22.0 Å². The van der Waals surface area contributed by atoms with E-state index in [1.165, 1.54) is 42.8 Å². The van der Waals surface area contributed by atoms with Crippen molar-refractivity contribution in [2.45, 2.75) is 44.6 Å². The molecule has 2 fully saturated rings. The van der Waals surface area contributed by atoms with Gasteiger partial charge in [-0.05, 0) is 0 Å². The van der Waals surface area contributed by atoms with Crippen LogP contribution < -0.4 is 5.56 Å². The minimum atomic E-state index is 0.228. The SMILES string of the molecule is O=c1c2ccccc2[se]n1C1CC2CCCCC2C1. The third kappa shape index (κ3) is 1.95. The van der Waals surface area contributed by atoms with Crippen LogP contribution in [-0.2, 0) is 0 Å². The number of rotatable bonds is 1. The standard InChI is InChI=1S/C16H19NOSe/c18-16-14-7-3-4-8-15(14)19-17(16)13-9-11-5-1-2-6-12(11)10-13/h3-4,7-8,11-13H,1-2,5-6,9-10H2. The van der Waals surface area contributed by atoms with Crippen LogP contribution in [0, 0.1) is 11.8 Å². The summed E-state index contributed by atoms with van der Waals surface area (Å²) in [5.41, 5.74) is 0.305. The minimum absolute atomic E-state index is 0.228. The van der Waals surface area contributed by atoms with Crippen molar-refractivity contribution in [3.63, 3.8) is 0 Å². The molecule has 100 valence electrons. The third-order valence-electron chi connectivity index (χ3n) is 5.06. The molecule has 3 heteroatoms. The predicted octanol–water partition coefficient (Wildman–Crippen LogP) is 3.20. The summed E-state index contributed by atoms with van der Waals surface area (Å²) in [6.07, 6.45) is 8.17. The van der Waals surface area contributed by atoms with Crippen molar-refractivity contribution >= 4 is 24.4 Å². The molecule has 2 nitrogen and oxygen atoms in total. The Kier molecular flexibility index (Phi) is 2.93. The van der Waals surface area contributed by atoms with Gasteiger partial charge in [-0.15, -0.1) is 0 Å². The average molecular weight is 320 g/mol. The normalized spacial score (nSPS) is 30.6. The van der Waals surface area contributed by atoms with Gasteiger partial charge in [0.1, 0.15) is 0 Å². The molecule has 2 aliphatic carbocycles. The summed E-state index contributed by atoms with van der Waals surface area (Å²) in [6, 6.07) is 8.72. The van der Waals surface area contributed by atoms with Crippen LogP contribution in [0.5, 0.6) is 0 Å². The van der Waals surface area contributed by atoms with Crippen molar-refractivity contribution < 1.29 is 0 Å². The van der Waals surface area contributed by atoms with Gasteiger partial charge < -0.3 is 0 Å². The molecule has 0 bridgehead atoms. The van der Waals surface area contributed by atoms with Gasteiger partial charge in [-0.25, -0.2) is 0 Å². The van der Waals surface area contributed by atoms with E-state index in [1.54, 1.807) is 0 Å².